The van der Waals surface area contributed by atoms with Crippen LogP contribution in [0.2, 0.25) is 0 Å². The number of aromatic nitrogens is 3. The van der Waals surface area contributed by atoms with E-state index in [4.69, 9.17) is 22.0 Å². The largest absolute Gasteiger partial charge is 0.573 e. The Bertz CT molecular complexity index is 1810. The van der Waals surface area contributed by atoms with E-state index in [1.165, 1.54) is 46.5 Å². The number of aliphatic imine (C=N–C) groups is 1. The number of halogens is 3. The number of nitrogens with zero attached hydrogens (tertiary/aromatic N) is 6. The van der Waals surface area contributed by atoms with Crippen LogP contribution in [0.4, 0.5) is 24.5 Å². The van der Waals surface area contributed by atoms with E-state index in [1.807, 2.05) is 45.3 Å². The van der Waals surface area contributed by atoms with Crippen molar-refractivity contribution in [2.45, 2.75) is 32.2 Å². The smallest absolute Gasteiger partial charge is 0.406 e. The van der Waals surface area contributed by atoms with Gasteiger partial charge in [-0.2, -0.15) is 4.99 Å². The van der Waals surface area contributed by atoms with E-state index in [2.05, 4.69) is 61.3 Å². The van der Waals surface area contributed by atoms with E-state index in [-0.39, 0.29) is 17.0 Å². The Kier molecular flexibility index (Phi) is 8.77. The molecule has 0 radical (unpaired) electrons. The Morgan fingerprint density at radius 2 is 1.85 bits per heavy atom. The Morgan fingerprint density at radius 3 is 2.54 bits per heavy atom. The van der Waals surface area contributed by atoms with Crippen LogP contribution >= 0.6 is 24.0 Å². The maximum Gasteiger partial charge on any atom is 0.573 e. The molecule has 1 fully saturated rings. The van der Waals surface area contributed by atoms with Gasteiger partial charge in [0.05, 0.1) is 11.4 Å². The molecule has 0 bridgehead atoms. The molecule has 2 aliphatic heterocycles. The van der Waals surface area contributed by atoms with Gasteiger partial charge in [0.2, 0.25) is 5.11 Å². The highest BCUT2D eigenvalue weighted by atomic mass is 32.2. The fourth-order valence-corrected chi connectivity index (χ4v) is 6.36. The van der Waals surface area contributed by atoms with Gasteiger partial charge in [-0.1, -0.05) is 55.1 Å². The molecular weight excluding hydrogens is 636 g/mol. The number of anilines is 2. The van der Waals surface area contributed by atoms with Crippen LogP contribution in [0.3, 0.4) is 0 Å². The number of hydroxylamine groups is 1. The van der Waals surface area contributed by atoms with Crippen molar-refractivity contribution in [3.05, 3.63) is 96.0 Å². The summed E-state index contributed by atoms with van der Waals surface area (Å²) in [6.45, 7) is 4.10. The molecule has 3 aromatic carbocycles. The average molecular weight is 666 g/mol. The van der Waals surface area contributed by atoms with Crippen LogP contribution in [0.5, 0.6) is 5.75 Å². The molecule has 9 nitrogen and oxygen atoms in total. The molecule has 46 heavy (non-hydrogen) atoms. The first-order chi connectivity index (χ1) is 21.9. The van der Waals surface area contributed by atoms with Crippen LogP contribution in [-0.4, -0.2) is 51.3 Å². The molecule has 0 amide bonds. The molecule has 0 spiro atoms. The summed E-state index contributed by atoms with van der Waals surface area (Å²) in [7, 11) is 4.06. The zero-order chi connectivity index (χ0) is 32.6. The molecule has 1 saturated heterocycles. The molecule has 6 rings (SSSR count). The van der Waals surface area contributed by atoms with Crippen molar-refractivity contribution >= 4 is 45.6 Å². The summed E-state index contributed by atoms with van der Waals surface area (Å²) in [6, 6.07) is 19.4. The van der Waals surface area contributed by atoms with E-state index in [0.717, 1.165) is 33.4 Å². The summed E-state index contributed by atoms with van der Waals surface area (Å²) in [6.07, 6.45) is -1.33. The number of allylic oxidation sites excluding steroid dienone is 1. The number of hydrogen-bond acceptors (Lipinski definition) is 7. The summed E-state index contributed by atoms with van der Waals surface area (Å²) in [5, 5.41) is 5.48. The molecule has 1 aromatic heterocycles. The molecule has 0 saturated carbocycles. The number of hydrogen-bond donors (Lipinski definition) is 1. The van der Waals surface area contributed by atoms with Gasteiger partial charge in [0.1, 0.15) is 18.2 Å². The molecule has 1 N–H and O–H groups in total. The fraction of sp³-hybridized carbons (Fsp3) is 0.250. The second-order valence-electron chi connectivity index (χ2n) is 10.9. The Balaban J connectivity index is 1.08. The lowest BCUT2D eigenvalue weighted by Gasteiger charge is -2.31. The first-order valence-electron chi connectivity index (χ1n) is 14.3. The van der Waals surface area contributed by atoms with Crippen LogP contribution in [0.25, 0.3) is 17.1 Å². The molecule has 2 unspecified atom stereocenters. The molecular formula is C32H30F3N7O2S2. The van der Waals surface area contributed by atoms with Gasteiger partial charge in [-0.3, -0.25) is 9.74 Å². The predicted molar refractivity (Wildman–Crippen MR) is 178 cm³/mol. The molecule has 14 heteroatoms. The number of thiocarbonyl (C=S) groups is 1. The lowest BCUT2D eigenvalue weighted by atomic mass is 9.93. The number of amidine groups is 1. The van der Waals surface area contributed by atoms with Crippen LogP contribution in [0.15, 0.2) is 89.8 Å². The van der Waals surface area contributed by atoms with Crippen molar-refractivity contribution in [3.63, 3.8) is 0 Å². The zero-order valence-electron chi connectivity index (χ0n) is 25.3. The average Bonchev–Trinajstić information content (AvgIpc) is 3.67. The lowest BCUT2D eigenvalue weighted by molar-refractivity contribution is -0.274. The topological polar surface area (TPSA) is 80.0 Å². The van der Waals surface area contributed by atoms with Gasteiger partial charge in [0.15, 0.2) is 11.0 Å². The van der Waals surface area contributed by atoms with E-state index in [0.29, 0.717) is 17.4 Å². The van der Waals surface area contributed by atoms with Crippen molar-refractivity contribution in [3.8, 4) is 22.8 Å². The van der Waals surface area contributed by atoms with E-state index in [9.17, 15) is 13.2 Å². The van der Waals surface area contributed by atoms with Crippen molar-refractivity contribution in [2.75, 3.05) is 29.6 Å². The van der Waals surface area contributed by atoms with Gasteiger partial charge >= 0.3 is 6.36 Å². The van der Waals surface area contributed by atoms with Crippen molar-refractivity contribution in [1.29, 1.82) is 0 Å². The van der Waals surface area contributed by atoms with Gasteiger partial charge in [-0.15, -0.1) is 18.3 Å². The maximum absolute atomic E-state index is 12.4. The van der Waals surface area contributed by atoms with Gasteiger partial charge in [0.25, 0.3) is 0 Å². The van der Waals surface area contributed by atoms with Gasteiger partial charge in [-0.25, -0.2) is 15.1 Å². The quantitative estimate of drug-likeness (QED) is 0.161. The number of thioether (sulfide) groups is 1. The maximum atomic E-state index is 12.4. The van der Waals surface area contributed by atoms with Crippen LogP contribution < -0.4 is 20.0 Å². The third-order valence-corrected chi connectivity index (χ3v) is 8.66. The number of benzene rings is 3. The van der Waals surface area contributed by atoms with Gasteiger partial charge < -0.3 is 9.64 Å². The van der Waals surface area contributed by atoms with Crippen molar-refractivity contribution in [1.82, 2.24) is 20.2 Å². The molecule has 3 heterocycles. The molecule has 4 aromatic rings. The number of ether oxygens (including phenoxy) is 1. The first-order valence-corrected chi connectivity index (χ1v) is 15.7. The summed E-state index contributed by atoms with van der Waals surface area (Å²) in [5.41, 5.74) is 9.69. The molecule has 238 valence electrons. The second-order valence-corrected chi connectivity index (χ2v) is 12.3. The monoisotopic (exact) mass is 665 g/mol. The molecule has 2 atom stereocenters. The number of rotatable bonds is 7. The zero-order valence-corrected chi connectivity index (χ0v) is 27.0. The highest BCUT2D eigenvalue weighted by molar-refractivity contribution is 8.14. The summed E-state index contributed by atoms with van der Waals surface area (Å²) in [5.74, 6) is 1.28. The predicted octanol–water partition coefficient (Wildman–Crippen LogP) is 7.38. The minimum absolute atomic E-state index is 0.226. The van der Waals surface area contributed by atoms with E-state index >= 15 is 0 Å². The first kappa shape index (κ1) is 31.6. The third kappa shape index (κ3) is 6.88. The number of fused-ring (bicyclic) bond motifs is 3. The minimum atomic E-state index is -4.75. The van der Waals surface area contributed by atoms with E-state index < -0.39 is 6.36 Å². The summed E-state index contributed by atoms with van der Waals surface area (Å²) in [4.78, 5) is 19.2. The standard InChI is InChI=1S/C32H30F3N7O2S2/c1-19-15-25-17-46-31(42(25)28-16-24(40(3)4)11-14-27(19)28)37-30(45)39-44-20(2)21-5-7-22(8-6-21)29-36-18-41(38-29)23-9-12-26(13-10-23)43-32(33,34)35/h5-16,18-20H,17H2,1-4H3,(H,39,45)/b37-31-. The number of nitrogens with one attached hydrogen (secondary N) is 1. The van der Waals surface area contributed by atoms with Gasteiger partial charge in [-0.05, 0) is 66.7 Å². The molecule has 2 aliphatic rings. The second kappa shape index (κ2) is 12.8. The Labute approximate surface area is 273 Å². The normalized spacial score (nSPS) is 17.3. The third-order valence-electron chi connectivity index (χ3n) is 7.52. The van der Waals surface area contributed by atoms with E-state index in [1.54, 1.807) is 11.8 Å². The van der Waals surface area contributed by atoms with Crippen LogP contribution in [0, 0.1) is 0 Å². The number of alkyl halides is 3. The summed E-state index contributed by atoms with van der Waals surface area (Å²) < 4.78 is 42.7. The van der Waals surface area contributed by atoms with Crippen molar-refractivity contribution in [2.24, 2.45) is 4.99 Å². The SMILES string of the molecule is CC1C=C2CS/C(=N\C(=S)NOC(C)c3ccc(-c4ncn(-c5ccc(OC(F)(F)F)cc5)n4)cc3)N2c2cc(N(C)C)ccc21. The highest BCUT2D eigenvalue weighted by Crippen LogP contribution is 2.44. The Morgan fingerprint density at radius 1 is 1.11 bits per heavy atom. The fourth-order valence-electron chi connectivity index (χ4n) is 5.16. The van der Waals surface area contributed by atoms with Crippen molar-refractivity contribution < 1.29 is 22.7 Å². The Hall–Kier alpha value is -4.40. The van der Waals surface area contributed by atoms with Crippen LogP contribution in [-0.2, 0) is 4.84 Å². The molecule has 0 aliphatic carbocycles. The highest BCUT2D eigenvalue weighted by Gasteiger charge is 2.33. The summed E-state index contributed by atoms with van der Waals surface area (Å²) >= 11 is 7.17. The van der Waals surface area contributed by atoms with Gasteiger partial charge in [0, 0.05) is 42.7 Å². The minimum Gasteiger partial charge on any atom is -0.406 e. The van der Waals surface area contributed by atoms with Crippen LogP contribution in [0.1, 0.15) is 37.0 Å². The lowest BCUT2D eigenvalue weighted by Crippen LogP contribution is -2.30.